The average molecular weight is 324 g/mol. The molecule has 0 saturated heterocycles. The predicted octanol–water partition coefficient (Wildman–Crippen LogP) is 2.68. The van der Waals surface area contributed by atoms with Crippen molar-refractivity contribution in [3.63, 3.8) is 0 Å². The molecule has 0 unspecified atom stereocenters. The van der Waals surface area contributed by atoms with Gasteiger partial charge in [-0.1, -0.05) is 6.07 Å². The van der Waals surface area contributed by atoms with E-state index >= 15 is 0 Å². The first-order valence-electron chi connectivity index (χ1n) is 5.88. The average Bonchev–Trinajstić information content (AvgIpc) is 2.35. The van der Waals surface area contributed by atoms with E-state index < -0.39 is 43.6 Å². The van der Waals surface area contributed by atoms with Crippen LogP contribution >= 0.6 is 0 Å². The summed E-state index contributed by atoms with van der Waals surface area (Å²) >= 11 is 0. The molecule has 0 heterocycles. The fourth-order valence-electron chi connectivity index (χ4n) is 1.76. The monoisotopic (exact) mass is 324 g/mol. The van der Waals surface area contributed by atoms with Crippen molar-refractivity contribution < 1.29 is 31.1 Å². The second-order valence-corrected chi connectivity index (χ2v) is 7.15. The Morgan fingerprint density at radius 3 is 2.29 bits per heavy atom. The fraction of sp³-hybridized carbons (Fsp3) is 0.462. The van der Waals surface area contributed by atoms with E-state index in [1.54, 1.807) is 0 Å². The number of sulfone groups is 1. The van der Waals surface area contributed by atoms with Gasteiger partial charge in [-0.2, -0.15) is 13.2 Å². The van der Waals surface area contributed by atoms with E-state index in [1.807, 2.05) is 0 Å². The molecule has 1 aromatic carbocycles. The smallest absolute Gasteiger partial charge is 0.416 e. The van der Waals surface area contributed by atoms with Crippen LogP contribution in [-0.2, 0) is 25.5 Å². The third-order valence-electron chi connectivity index (χ3n) is 2.81. The molecule has 4 nitrogen and oxygen atoms in total. The van der Waals surface area contributed by atoms with E-state index in [0.29, 0.717) is 6.07 Å². The lowest BCUT2D eigenvalue weighted by Gasteiger charge is -2.21. The number of ether oxygens (including phenoxy) is 1. The van der Waals surface area contributed by atoms with E-state index in [0.717, 1.165) is 25.3 Å². The summed E-state index contributed by atoms with van der Waals surface area (Å²) in [6.45, 7) is 2.70. The number of halogens is 3. The number of esters is 1. The first-order chi connectivity index (χ1) is 9.40. The number of rotatable bonds is 4. The van der Waals surface area contributed by atoms with Crippen LogP contribution in [0.4, 0.5) is 13.2 Å². The molecule has 0 aliphatic carbocycles. The predicted molar refractivity (Wildman–Crippen MR) is 69.3 cm³/mol. The van der Waals surface area contributed by atoms with Crippen LogP contribution in [0.25, 0.3) is 0 Å². The maximum atomic E-state index is 12.6. The zero-order valence-corrected chi connectivity index (χ0v) is 12.5. The Hall–Kier alpha value is -1.57. The number of alkyl halides is 3. The standard InChI is InChI=1S/C13H15F3O4S/c1-12(2,11(17)20-3)8-21(18,19)10-6-4-5-9(7-10)13(14,15)16/h4-7H,8H2,1-3H3. The Morgan fingerprint density at radius 1 is 1.24 bits per heavy atom. The van der Waals surface area contributed by atoms with Crippen LogP contribution < -0.4 is 0 Å². The summed E-state index contributed by atoms with van der Waals surface area (Å²) < 4.78 is 66.7. The molecular weight excluding hydrogens is 309 g/mol. The zero-order chi connectivity index (χ0) is 16.5. The van der Waals surface area contributed by atoms with Crippen LogP contribution in [0.1, 0.15) is 19.4 Å². The molecule has 0 aliphatic rings. The van der Waals surface area contributed by atoms with Gasteiger partial charge < -0.3 is 4.74 Å². The van der Waals surface area contributed by atoms with Crippen molar-refractivity contribution in [2.75, 3.05) is 12.9 Å². The molecule has 0 N–H and O–H groups in total. The Bertz CT molecular complexity index is 633. The summed E-state index contributed by atoms with van der Waals surface area (Å²) in [4.78, 5) is 11.0. The molecule has 0 bridgehead atoms. The second kappa shape index (κ2) is 5.67. The van der Waals surface area contributed by atoms with Gasteiger partial charge in [-0.25, -0.2) is 8.42 Å². The van der Waals surface area contributed by atoms with Crippen molar-refractivity contribution in [3.8, 4) is 0 Å². The summed E-state index contributed by atoms with van der Waals surface area (Å²) in [5.41, 5.74) is -2.42. The Balaban J connectivity index is 3.18. The number of carbonyl (C=O) groups is 1. The van der Waals surface area contributed by atoms with Gasteiger partial charge in [0.25, 0.3) is 0 Å². The van der Waals surface area contributed by atoms with E-state index in [1.165, 1.54) is 13.8 Å². The minimum atomic E-state index is -4.64. The summed E-state index contributed by atoms with van der Waals surface area (Å²) in [7, 11) is -2.94. The topological polar surface area (TPSA) is 60.4 Å². The highest BCUT2D eigenvalue weighted by atomic mass is 32.2. The van der Waals surface area contributed by atoms with Crippen molar-refractivity contribution in [2.24, 2.45) is 5.41 Å². The van der Waals surface area contributed by atoms with Crippen molar-refractivity contribution in [1.82, 2.24) is 0 Å². The first kappa shape index (κ1) is 17.5. The normalized spacial score (nSPS) is 13.0. The highest BCUT2D eigenvalue weighted by Gasteiger charge is 2.36. The molecule has 0 spiro atoms. The molecule has 0 saturated carbocycles. The third-order valence-corrected chi connectivity index (χ3v) is 4.88. The van der Waals surface area contributed by atoms with Gasteiger partial charge in [-0.05, 0) is 32.0 Å². The van der Waals surface area contributed by atoms with Crippen molar-refractivity contribution >= 4 is 15.8 Å². The molecular formula is C13H15F3O4S. The van der Waals surface area contributed by atoms with Crippen LogP contribution in [0.5, 0.6) is 0 Å². The van der Waals surface area contributed by atoms with Crippen molar-refractivity contribution in [1.29, 1.82) is 0 Å². The van der Waals surface area contributed by atoms with Crippen LogP contribution in [-0.4, -0.2) is 27.2 Å². The lowest BCUT2D eigenvalue weighted by molar-refractivity contribution is -0.149. The van der Waals surface area contributed by atoms with E-state index in [9.17, 15) is 26.4 Å². The van der Waals surface area contributed by atoms with Crippen LogP contribution in [0.2, 0.25) is 0 Å². The van der Waals surface area contributed by atoms with Gasteiger partial charge >= 0.3 is 12.1 Å². The summed E-state index contributed by atoms with van der Waals surface area (Å²) in [5.74, 6) is -1.40. The van der Waals surface area contributed by atoms with Gasteiger partial charge in [0.1, 0.15) is 0 Å². The van der Waals surface area contributed by atoms with Crippen LogP contribution in [0.3, 0.4) is 0 Å². The SMILES string of the molecule is COC(=O)C(C)(C)CS(=O)(=O)c1cccc(C(F)(F)F)c1. The van der Waals surface area contributed by atoms with E-state index in [4.69, 9.17) is 0 Å². The van der Waals surface area contributed by atoms with Gasteiger partial charge in [0.2, 0.25) is 0 Å². The Morgan fingerprint density at radius 2 is 1.81 bits per heavy atom. The molecule has 0 fully saturated rings. The van der Waals surface area contributed by atoms with Gasteiger partial charge in [0, 0.05) is 0 Å². The lowest BCUT2D eigenvalue weighted by atomic mass is 9.97. The quantitative estimate of drug-likeness (QED) is 0.799. The Labute approximate surface area is 120 Å². The third kappa shape index (κ3) is 4.20. The van der Waals surface area contributed by atoms with Crippen molar-refractivity contribution in [3.05, 3.63) is 29.8 Å². The molecule has 8 heteroatoms. The van der Waals surface area contributed by atoms with E-state index in [2.05, 4.69) is 4.74 Å². The summed E-state index contributed by atoms with van der Waals surface area (Å²) in [5, 5.41) is 0. The fourth-order valence-corrected chi connectivity index (χ4v) is 3.59. The second-order valence-electron chi connectivity index (χ2n) is 5.16. The molecule has 1 rings (SSSR count). The number of carbonyl (C=O) groups excluding carboxylic acids is 1. The molecule has 0 aromatic heterocycles. The van der Waals surface area contributed by atoms with Gasteiger partial charge in [0.05, 0.1) is 28.7 Å². The van der Waals surface area contributed by atoms with Gasteiger partial charge in [-0.3, -0.25) is 4.79 Å². The first-order valence-corrected chi connectivity index (χ1v) is 7.54. The number of hydrogen-bond donors (Lipinski definition) is 0. The van der Waals surface area contributed by atoms with Gasteiger partial charge in [0.15, 0.2) is 9.84 Å². The molecule has 0 radical (unpaired) electrons. The molecule has 1 aromatic rings. The number of methoxy groups -OCH3 is 1. The molecule has 0 atom stereocenters. The Kier molecular flexibility index (Phi) is 4.72. The van der Waals surface area contributed by atoms with Crippen molar-refractivity contribution in [2.45, 2.75) is 24.9 Å². The zero-order valence-electron chi connectivity index (χ0n) is 11.7. The largest absolute Gasteiger partial charge is 0.469 e. The summed E-state index contributed by atoms with van der Waals surface area (Å²) in [6, 6.07) is 3.42. The van der Waals surface area contributed by atoms with Crippen LogP contribution in [0, 0.1) is 5.41 Å². The highest BCUT2D eigenvalue weighted by Crippen LogP contribution is 2.32. The molecule has 0 aliphatic heterocycles. The van der Waals surface area contributed by atoms with E-state index in [-0.39, 0.29) is 0 Å². The van der Waals surface area contributed by atoms with Crippen LogP contribution in [0.15, 0.2) is 29.2 Å². The maximum Gasteiger partial charge on any atom is 0.416 e. The summed E-state index contributed by atoms with van der Waals surface area (Å²) in [6.07, 6.45) is -4.64. The number of hydrogen-bond acceptors (Lipinski definition) is 4. The number of benzene rings is 1. The van der Waals surface area contributed by atoms with Gasteiger partial charge in [-0.15, -0.1) is 0 Å². The highest BCUT2D eigenvalue weighted by molar-refractivity contribution is 7.91. The minimum absolute atomic E-state index is 0.477. The lowest BCUT2D eigenvalue weighted by Crippen LogP contribution is -2.33. The maximum absolute atomic E-state index is 12.6. The molecule has 21 heavy (non-hydrogen) atoms. The minimum Gasteiger partial charge on any atom is -0.469 e. The molecule has 0 amide bonds. The molecule has 118 valence electrons.